The van der Waals surface area contributed by atoms with E-state index in [-0.39, 0.29) is 17.2 Å². The van der Waals surface area contributed by atoms with Gasteiger partial charge in [-0.2, -0.15) is 13.2 Å². The van der Waals surface area contributed by atoms with Crippen molar-refractivity contribution in [2.24, 2.45) is 0 Å². The Morgan fingerprint density at radius 3 is 2.58 bits per heavy atom. The van der Waals surface area contributed by atoms with E-state index in [1.165, 1.54) is 31.2 Å². The lowest BCUT2D eigenvalue weighted by molar-refractivity contribution is -0.137. The Kier molecular flexibility index (Phi) is 5.60. The quantitative estimate of drug-likeness (QED) is 0.800. The number of halogens is 3. The first-order chi connectivity index (χ1) is 11.4. The number of pyridine rings is 1. The number of nitrogens with zero attached hydrogens (tertiary/aromatic N) is 3. The molecule has 0 unspecified atom stereocenters. The normalized spacial score (nSPS) is 11.2. The molecule has 0 aromatic carbocycles. The Balaban J connectivity index is 2.35. The van der Waals surface area contributed by atoms with Crippen molar-refractivity contribution in [2.45, 2.75) is 18.1 Å². The van der Waals surface area contributed by atoms with Crippen LogP contribution < -0.4 is 10.6 Å². The van der Waals surface area contributed by atoms with Gasteiger partial charge in [-0.05, 0) is 11.8 Å². The minimum Gasteiger partial charge on any atom is -0.371 e. The van der Waals surface area contributed by atoms with Gasteiger partial charge in [0, 0.05) is 25.6 Å². The average molecular weight is 357 g/mol. The summed E-state index contributed by atoms with van der Waals surface area (Å²) < 4.78 is 38.5. The van der Waals surface area contributed by atoms with Crippen LogP contribution >= 0.6 is 11.8 Å². The van der Waals surface area contributed by atoms with Gasteiger partial charge in [-0.25, -0.2) is 15.0 Å². The molecule has 0 atom stereocenters. The minimum absolute atomic E-state index is 0.0452. The molecule has 2 rings (SSSR count). The molecule has 0 bridgehead atoms. The first-order valence-corrected chi connectivity index (χ1v) is 7.85. The molecule has 2 N–H and O–H groups in total. The lowest BCUT2D eigenvalue weighted by atomic mass is 10.2. The third-order valence-corrected chi connectivity index (χ3v) is 3.72. The van der Waals surface area contributed by atoms with Crippen LogP contribution in [0.15, 0.2) is 29.7 Å². The van der Waals surface area contributed by atoms with E-state index in [9.17, 15) is 18.0 Å². The molecule has 1 amide bonds. The molecule has 0 spiro atoms. The zero-order chi connectivity index (χ0) is 17.7. The fraction of sp³-hybridized carbons (Fsp3) is 0.286. The number of rotatable bonds is 5. The van der Waals surface area contributed by atoms with Gasteiger partial charge in [0.2, 0.25) is 0 Å². The predicted molar refractivity (Wildman–Crippen MR) is 85.2 cm³/mol. The van der Waals surface area contributed by atoms with E-state index in [4.69, 9.17) is 0 Å². The summed E-state index contributed by atoms with van der Waals surface area (Å²) in [6.07, 6.45) is -1.08. The summed E-state index contributed by atoms with van der Waals surface area (Å²) in [5.74, 6) is 0.132. The molecule has 24 heavy (non-hydrogen) atoms. The van der Waals surface area contributed by atoms with Crippen molar-refractivity contribution in [3.8, 4) is 0 Å². The zero-order valence-electron chi connectivity index (χ0n) is 12.8. The summed E-state index contributed by atoms with van der Waals surface area (Å²) in [6.45, 7) is 1.89. The summed E-state index contributed by atoms with van der Waals surface area (Å²) in [5.41, 5.74) is -1.00. The van der Waals surface area contributed by atoms with Gasteiger partial charge in [0.1, 0.15) is 10.8 Å². The lowest BCUT2D eigenvalue weighted by Gasteiger charge is -2.13. The maximum absolute atomic E-state index is 12.8. The molecule has 2 aromatic heterocycles. The zero-order valence-corrected chi connectivity index (χ0v) is 13.6. The first-order valence-electron chi connectivity index (χ1n) is 6.87. The molecule has 0 fully saturated rings. The second kappa shape index (κ2) is 7.47. The molecule has 6 nitrogen and oxygen atoms in total. The number of anilines is 2. The van der Waals surface area contributed by atoms with Gasteiger partial charge >= 0.3 is 6.18 Å². The van der Waals surface area contributed by atoms with E-state index >= 15 is 0 Å². The second-order valence-electron chi connectivity index (χ2n) is 4.47. The predicted octanol–water partition coefficient (Wildman–Crippen LogP) is 3.30. The van der Waals surface area contributed by atoms with E-state index in [0.717, 1.165) is 6.07 Å². The van der Waals surface area contributed by atoms with Crippen LogP contribution in [-0.2, 0) is 6.18 Å². The largest absolute Gasteiger partial charge is 0.417 e. The monoisotopic (exact) mass is 357 g/mol. The van der Waals surface area contributed by atoms with Crippen molar-refractivity contribution >= 4 is 29.2 Å². The Hall–Kier alpha value is -2.36. The van der Waals surface area contributed by atoms with Gasteiger partial charge < -0.3 is 10.6 Å². The molecule has 0 aliphatic carbocycles. The molecule has 2 aromatic rings. The topological polar surface area (TPSA) is 79.8 Å². The van der Waals surface area contributed by atoms with Gasteiger partial charge in [0.05, 0.1) is 11.3 Å². The number of hydrogen-bond donors (Lipinski definition) is 2. The number of amides is 1. The van der Waals surface area contributed by atoms with Gasteiger partial charge in [-0.1, -0.05) is 6.92 Å². The van der Waals surface area contributed by atoms with Gasteiger partial charge in [-0.15, -0.1) is 11.8 Å². The molecule has 0 saturated heterocycles. The number of nitrogens with one attached hydrogen (secondary N) is 2. The Morgan fingerprint density at radius 1 is 1.25 bits per heavy atom. The van der Waals surface area contributed by atoms with E-state index in [1.807, 2.05) is 6.92 Å². The summed E-state index contributed by atoms with van der Waals surface area (Å²) in [7, 11) is 1.49. The van der Waals surface area contributed by atoms with Gasteiger partial charge in [0.25, 0.3) is 5.91 Å². The molecule has 0 saturated carbocycles. The lowest BCUT2D eigenvalue weighted by Crippen LogP contribution is -2.18. The highest BCUT2D eigenvalue weighted by atomic mass is 32.2. The van der Waals surface area contributed by atoms with Gasteiger partial charge in [-0.3, -0.25) is 4.79 Å². The Morgan fingerprint density at radius 2 is 1.96 bits per heavy atom. The second-order valence-corrected chi connectivity index (χ2v) is 5.72. The third-order valence-electron chi connectivity index (χ3n) is 2.86. The number of aromatic nitrogens is 3. The first kappa shape index (κ1) is 18.0. The van der Waals surface area contributed by atoms with E-state index in [1.54, 1.807) is 0 Å². The summed E-state index contributed by atoms with van der Waals surface area (Å²) in [6, 6.07) is 0.819. The maximum Gasteiger partial charge on any atom is 0.417 e. The highest BCUT2D eigenvalue weighted by Crippen LogP contribution is 2.32. The van der Waals surface area contributed by atoms with Crippen molar-refractivity contribution in [1.82, 2.24) is 15.0 Å². The highest BCUT2D eigenvalue weighted by molar-refractivity contribution is 7.99. The fourth-order valence-electron chi connectivity index (χ4n) is 1.82. The molecule has 2 heterocycles. The average Bonchev–Trinajstić information content (AvgIpc) is 2.54. The van der Waals surface area contributed by atoms with Crippen LogP contribution in [0.2, 0.25) is 0 Å². The van der Waals surface area contributed by atoms with Crippen LogP contribution in [0.1, 0.15) is 23.0 Å². The molecule has 0 aliphatic heterocycles. The van der Waals surface area contributed by atoms with Crippen LogP contribution in [-0.4, -0.2) is 33.7 Å². The molecular weight excluding hydrogens is 343 g/mol. The maximum atomic E-state index is 12.8. The molecule has 128 valence electrons. The Bertz CT molecular complexity index is 739. The van der Waals surface area contributed by atoms with Crippen LogP contribution in [0.5, 0.6) is 0 Å². The number of hydrogen-bond acceptors (Lipinski definition) is 6. The number of carbonyl (C=O) groups is 1. The minimum atomic E-state index is -4.56. The number of thioether (sulfide) groups is 1. The molecular formula is C14H14F3N5OS. The highest BCUT2D eigenvalue weighted by Gasteiger charge is 2.32. The third kappa shape index (κ3) is 4.13. The van der Waals surface area contributed by atoms with Crippen LogP contribution in [0.25, 0.3) is 0 Å². The van der Waals surface area contributed by atoms with E-state index < -0.39 is 17.6 Å². The van der Waals surface area contributed by atoms with Crippen molar-refractivity contribution < 1.29 is 18.0 Å². The standard InChI is InChI=1S/C14H14F3N5OS/c1-3-24-13-10(19-4-5-20-13)12(23)22-9-6-8(14(15,16)17)7-21-11(9)18-2/h4-7H,3H2,1-2H3,(H,18,21)(H,22,23). The molecule has 0 radical (unpaired) electrons. The van der Waals surface area contributed by atoms with Gasteiger partial charge in [0.15, 0.2) is 5.69 Å². The molecule has 10 heteroatoms. The van der Waals surface area contributed by atoms with Crippen LogP contribution in [0, 0.1) is 0 Å². The smallest absolute Gasteiger partial charge is 0.371 e. The van der Waals surface area contributed by atoms with Crippen molar-refractivity contribution in [1.29, 1.82) is 0 Å². The SMILES string of the molecule is CCSc1nccnc1C(=O)Nc1cc(C(F)(F)F)cnc1NC. The van der Waals surface area contributed by atoms with E-state index in [2.05, 4.69) is 25.6 Å². The van der Waals surface area contributed by atoms with E-state index in [0.29, 0.717) is 17.0 Å². The Labute approximate surface area is 140 Å². The van der Waals surface area contributed by atoms with Crippen LogP contribution in [0.3, 0.4) is 0 Å². The van der Waals surface area contributed by atoms with Crippen molar-refractivity contribution in [3.63, 3.8) is 0 Å². The number of carbonyl (C=O) groups excluding carboxylic acids is 1. The molecule has 0 aliphatic rings. The summed E-state index contributed by atoms with van der Waals surface area (Å²) in [4.78, 5) is 24.1. The fourth-order valence-corrected chi connectivity index (χ4v) is 2.51. The van der Waals surface area contributed by atoms with Crippen molar-refractivity contribution in [3.05, 3.63) is 35.9 Å². The summed E-state index contributed by atoms with van der Waals surface area (Å²) >= 11 is 1.31. The summed E-state index contributed by atoms with van der Waals surface area (Å²) in [5, 5.41) is 5.45. The van der Waals surface area contributed by atoms with Crippen LogP contribution in [0.4, 0.5) is 24.7 Å². The number of alkyl halides is 3. The van der Waals surface area contributed by atoms with Crippen molar-refractivity contribution in [2.75, 3.05) is 23.4 Å².